The quantitative estimate of drug-likeness (QED) is 0.316. The lowest BCUT2D eigenvalue weighted by Gasteiger charge is -2.42. The Labute approximate surface area is 231 Å². The maximum absolute atomic E-state index is 16.4. The van der Waals surface area contributed by atoms with Gasteiger partial charge in [-0.05, 0) is 31.4 Å². The lowest BCUT2D eigenvalue weighted by Crippen LogP contribution is -2.48. The second-order valence-corrected chi connectivity index (χ2v) is 10.4. The predicted molar refractivity (Wildman–Crippen MR) is 144 cm³/mol. The molecule has 0 radical (unpaired) electrons. The van der Waals surface area contributed by atoms with E-state index >= 15 is 4.39 Å². The fourth-order valence-corrected chi connectivity index (χ4v) is 5.72. The van der Waals surface area contributed by atoms with Crippen molar-refractivity contribution in [3.05, 3.63) is 91.4 Å². The predicted octanol–water partition coefficient (Wildman–Crippen LogP) is 5.10. The summed E-state index contributed by atoms with van der Waals surface area (Å²) in [4.78, 5) is 39.8. The Hall–Kier alpha value is -4.09. The van der Waals surface area contributed by atoms with Crippen molar-refractivity contribution < 1.29 is 27.9 Å². The van der Waals surface area contributed by atoms with E-state index in [1.807, 2.05) is 35.2 Å². The van der Waals surface area contributed by atoms with Gasteiger partial charge in [0.1, 0.15) is 5.76 Å². The highest BCUT2D eigenvalue weighted by atomic mass is 35.5. The second-order valence-electron chi connectivity index (χ2n) is 10.0. The highest BCUT2D eigenvalue weighted by molar-refractivity contribution is 6.34. The number of anilines is 1. The molecule has 2 fully saturated rings. The summed E-state index contributed by atoms with van der Waals surface area (Å²) in [5.74, 6) is -0.959. The van der Waals surface area contributed by atoms with Crippen LogP contribution in [0.2, 0.25) is 5.02 Å². The van der Waals surface area contributed by atoms with Gasteiger partial charge in [-0.3, -0.25) is 9.69 Å². The molecule has 10 nitrogen and oxygen atoms in total. The largest absolute Gasteiger partial charge is 0.519 e. The molecule has 2 aliphatic rings. The van der Waals surface area contributed by atoms with Gasteiger partial charge in [0.15, 0.2) is 17.3 Å². The van der Waals surface area contributed by atoms with Crippen molar-refractivity contribution in [1.29, 1.82) is 0 Å². The molecule has 40 heavy (non-hydrogen) atoms. The van der Waals surface area contributed by atoms with Crippen LogP contribution in [-0.4, -0.2) is 40.4 Å². The maximum atomic E-state index is 16.4. The summed E-state index contributed by atoms with van der Waals surface area (Å²) in [6.45, 7) is 3.25. The summed E-state index contributed by atoms with van der Waals surface area (Å²) in [5, 5.41) is 9.07. The number of aromatic nitrogens is 1. The number of benzene rings is 2. The molecule has 0 amide bonds. The van der Waals surface area contributed by atoms with Gasteiger partial charge in [0.2, 0.25) is 5.43 Å². The number of carbonyl (C=O) groups is 1. The summed E-state index contributed by atoms with van der Waals surface area (Å²) < 4.78 is 33.0. The number of ether oxygens (including phenoxy) is 1. The van der Waals surface area contributed by atoms with E-state index < -0.39 is 29.0 Å². The summed E-state index contributed by atoms with van der Waals surface area (Å²) >= 11 is 6.64. The fraction of sp³-hybridized carbons (Fsp3) is 0.321. The molecule has 12 heteroatoms. The van der Waals surface area contributed by atoms with Gasteiger partial charge in [-0.2, -0.15) is 0 Å². The molecule has 0 spiro atoms. The van der Waals surface area contributed by atoms with Crippen molar-refractivity contribution in [3.63, 3.8) is 0 Å². The van der Waals surface area contributed by atoms with Gasteiger partial charge in [-0.25, -0.2) is 14.0 Å². The van der Waals surface area contributed by atoms with Crippen LogP contribution in [-0.2, 0) is 6.54 Å². The number of pyridine rings is 1. The van der Waals surface area contributed by atoms with E-state index in [2.05, 4.69) is 4.90 Å². The molecule has 1 aliphatic heterocycles. The molecular formula is C28H25ClFN3O7. The molecular weight excluding hydrogens is 545 g/mol. The van der Waals surface area contributed by atoms with Crippen molar-refractivity contribution in [2.75, 3.05) is 24.5 Å². The first-order valence-electron chi connectivity index (χ1n) is 12.8. The second kappa shape index (κ2) is 10.1. The third-order valence-electron chi connectivity index (χ3n) is 7.46. The summed E-state index contributed by atoms with van der Waals surface area (Å²) in [6, 6.07) is 10.8. The number of carboxylic acid groups (broad SMARTS) is 1. The average Bonchev–Trinajstić information content (AvgIpc) is 3.71. The van der Waals surface area contributed by atoms with Crippen LogP contribution in [0.3, 0.4) is 0 Å². The Morgan fingerprint density at radius 2 is 1.93 bits per heavy atom. The minimum Gasteiger partial charge on any atom is -0.449 e. The molecule has 2 aromatic heterocycles. The van der Waals surface area contributed by atoms with Crippen LogP contribution < -0.4 is 20.9 Å². The van der Waals surface area contributed by atoms with Gasteiger partial charge in [-0.1, -0.05) is 41.9 Å². The third kappa shape index (κ3) is 4.75. The van der Waals surface area contributed by atoms with Crippen LogP contribution >= 0.6 is 11.6 Å². The molecule has 1 aliphatic carbocycles. The molecule has 1 N–H and O–H groups in total. The maximum Gasteiger partial charge on any atom is 0.519 e. The van der Waals surface area contributed by atoms with Gasteiger partial charge in [0, 0.05) is 25.7 Å². The van der Waals surface area contributed by atoms with Gasteiger partial charge in [0.25, 0.3) is 0 Å². The summed E-state index contributed by atoms with van der Waals surface area (Å²) in [7, 11) is 0. The third-order valence-corrected chi connectivity index (χ3v) is 7.75. The molecule has 6 rings (SSSR count). The number of nitrogens with zero attached hydrogens (tertiary/aromatic N) is 3. The molecule has 208 valence electrons. The number of fused-ring (bicyclic) bond motifs is 1. The average molecular weight is 570 g/mol. The zero-order chi connectivity index (χ0) is 28.1. The molecule has 1 saturated heterocycles. The molecule has 1 unspecified atom stereocenters. The van der Waals surface area contributed by atoms with Crippen LogP contribution in [0.25, 0.3) is 10.9 Å². The normalized spacial score (nSPS) is 17.9. The number of hydrogen-bond acceptors (Lipinski definition) is 8. The monoisotopic (exact) mass is 569 g/mol. The van der Waals surface area contributed by atoms with Crippen LogP contribution in [0.5, 0.6) is 5.75 Å². The summed E-state index contributed by atoms with van der Waals surface area (Å²) in [5.41, 5.74) is 0.476. The molecule has 2 aromatic carbocycles. The topological polar surface area (TPSA) is 118 Å². The van der Waals surface area contributed by atoms with Crippen molar-refractivity contribution in [2.24, 2.45) is 0 Å². The van der Waals surface area contributed by atoms with Gasteiger partial charge in [0.05, 0.1) is 40.4 Å². The fourth-order valence-electron chi connectivity index (χ4n) is 5.41. The smallest absolute Gasteiger partial charge is 0.449 e. The summed E-state index contributed by atoms with van der Waals surface area (Å²) in [6.07, 6.45) is 1.17. The molecule has 3 heterocycles. The Morgan fingerprint density at radius 1 is 1.18 bits per heavy atom. The SMILES string of the molecule is Cc1oc(=O)oc1CN1CCN(c2c(Cl)cc3c(=O)c(OC(=O)O)cn(C4CC4)c3c2F)CC1c1ccccc1. The molecule has 1 saturated carbocycles. The molecule has 0 bridgehead atoms. The van der Waals surface area contributed by atoms with Gasteiger partial charge < -0.3 is 28.1 Å². The van der Waals surface area contributed by atoms with E-state index in [0.29, 0.717) is 37.7 Å². The first-order chi connectivity index (χ1) is 19.2. The van der Waals surface area contributed by atoms with Gasteiger partial charge >= 0.3 is 12.0 Å². The number of rotatable bonds is 6. The minimum atomic E-state index is -1.63. The Morgan fingerprint density at radius 3 is 2.58 bits per heavy atom. The Bertz CT molecular complexity index is 1730. The Kier molecular flexibility index (Phi) is 6.63. The number of piperazine rings is 1. The van der Waals surface area contributed by atoms with Crippen molar-refractivity contribution >= 4 is 34.3 Å². The van der Waals surface area contributed by atoms with Crippen LogP contribution in [0.15, 0.2) is 61.0 Å². The lowest BCUT2D eigenvalue weighted by atomic mass is 10.0. The highest BCUT2D eigenvalue weighted by Gasteiger charge is 2.34. The van der Waals surface area contributed by atoms with E-state index in [1.165, 1.54) is 12.3 Å². The van der Waals surface area contributed by atoms with Crippen molar-refractivity contribution in [1.82, 2.24) is 9.47 Å². The zero-order valence-electron chi connectivity index (χ0n) is 21.4. The zero-order valence-corrected chi connectivity index (χ0v) is 22.2. The molecule has 4 aromatic rings. The van der Waals surface area contributed by atoms with Crippen LogP contribution in [0.1, 0.15) is 42.0 Å². The number of hydrogen-bond donors (Lipinski definition) is 1. The van der Waals surface area contributed by atoms with E-state index in [9.17, 15) is 14.4 Å². The Balaban J connectivity index is 1.42. The number of halogens is 2. The van der Waals surface area contributed by atoms with E-state index in [-0.39, 0.29) is 33.7 Å². The van der Waals surface area contributed by atoms with Crippen LogP contribution in [0, 0.1) is 12.7 Å². The highest BCUT2D eigenvalue weighted by Crippen LogP contribution is 2.42. The van der Waals surface area contributed by atoms with Gasteiger partial charge in [-0.15, -0.1) is 0 Å². The van der Waals surface area contributed by atoms with E-state index in [0.717, 1.165) is 18.4 Å². The van der Waals surface area contributed by atoms with E-state index in [4.69, 9.17) is 30.3 Å². The van der Waals surface area contributed by atoms with Crippen molar-refractivity contribution in [2.45, 2.75) is 38.4 Å². The molecule has 1 atom stereocenters. The first kappa shape index (κ1) is 26.1. The lowest BCUT2D eigenvalue weighted by molar-refractivity contribution is 0.143. The van der Waals surface area contributed by atoms with E-state index in [1.54, 1.807) is 11.5 Å². The minimum absolute atomic E-state index is 0.0360. The van der Waals surface area contributed by atoms with Crippen LogP contribution in [0.4, 0.5) is 14.9 Å². The first-order valence-corrected chi connectivity index (χ1v) is 13.2. The standard InChI is InChI=1S/C28H25ClFN3O7/c1-15-21(40-28(37)38-15)13-31-9-10-32(12-20(31)16-5-3-2-4-6-16)25-19(29)11-18-24(23(25)30)33(17-7-8-17)14-22(26(18)34)39-27(35)36/h2-6,11,14,17,20H,7-10,12-13H2,1H3,(H,35,36). The van der Waals surface area contributed by atoms with Crippen molar-refractivity contribution in [3.8, 4) is 5.75 Å². The number of aryl methyl sites for hydroxylation is 1.